The predicted molar refractivity (Wildman–Crippen MR) is 93.0 cm³/mol. The Labute approximate surface area is 144 Å². The number of carboxylic acids is 1. The molecule has 0 bridgehead atoms. The van der Waals surface area contributed by atoms with Crippen LogP contribution in [0.15, 0.2) is 23.1 Å². The van der Waals surface area contributed by atoms with Gasteiger partial charge in [0.05, 0.1) is 10.5 Å². The predicted octanol–water partition coefficient (Wildman–Crippen LogP) is 2.22. The highest BCUT2D eigenvalue weighted by Crippen LogP contribution is 2.28. The van der Waals surface area contributed by atoms with Crippen LogP contribution in [0.25, 0.3) is 0 Å². The molecule has 2 rings (SSSR count). The van der Waals surface area contributed by atoms with Gasteiger partial charge in [0, 0.05) is 32.2 Å². The molecule has 1 saturated heterocycles. The molecule has 0 atom stereocenters. The zero-order chi connectivity index (χ0) is 18.1. The standard InChI is InChI=1S/C17H26N2O4S/c1-12(2)15-6-5-14(17(20)21)11-16(15)24(22,23)19-9-7-18(8-10-19)13(3)4/h5-6,11-13H,7-10H2,1-4H3,(H,20,21). The van der Waals surface area contributed by atoms with Crippen molar-refractivity contribution in [1.82, 2.24) is 9.21 Å². The fraction of sp³-hybridized carbons (Fsp3) is 0.588. The molecule has 7 heteroatoms. The van der Waals surface area contributed by atoms with Crippen LogP contribution in [0.3, 0.4) is 0 Å². The van der Waals surface area contributed by atoms with E-state index in [0.29, 0.717) is 37.8 Å². The van der Waals surface area contributed by atoms with Crippen LogP contribution in [-0.2, 0) is 10.0 Å². The first-order chi connectivity index (χ1) is 11.1. The minimum atomic E-state index is -3.70. The van der Waals surface area contributed by atoms with Gasteiger partial charge in [-0.2, -0.15) is 4.31 Å². The fourth-order valence-corrected chi connectivity index (χ4v) is 4.77. The van der Waals surface area contributed by atoms with Crippen LogP contribution in [0.2, 0.25) is 0 Å². The quantitative estimate of drug-likeness (QED) is 0.877. The van der Waals surface area contributed by atoms with Crippen molar-refractivity contribution >= 4 is 16.0 Å². The van der Waals surface area contributed by atoms with E-state index >= 15 is 0 Å². The summed E-state index contributed by atoms with van der Waals surface area (Å²) < 4.78 is 27.6. The first-order valence-corrected chi connectivity index (χ1v) is 9.70. The molecule has 0 amide bonds. The Morgan fingerprint density at radius 3 is 2.12 bits per heavy atom. The van der Waals surface area contributed by atoms with Gasteiger partial charge in [-0.05, 0) is 37.5 Å². The average molecular weight is 354 g/mol. The molecule has 1 N–H and O–H groups in total. The van der Waals surface area contributed by atoms with E-state index in [2.05, 4.69) is 18.7 Å². The molecule has 134 valence electrons. The van der Waals surface area contributed by atoms with Crippen LogP contribution in [-0.4, -0.2) is 60.9 Å². The van der Waals surface area contributed by atoms with E-state index in [1.165, 1.54) is 16.4 Å². The molecule has 0 aromatic heterocycles. The lowest BCUT2D eigenvalue weighted by Crippen LogP contribution is -2.50. The molecular weight excluding hydrogens is 328 g/mol. The highest BCUT2D eigenvalue weighted by atomic mass is 32.2. The van der Waals surface area contributed by atoms with Crippen LogP contribution in [0.5, 0.6) is 0 Å². The van der Waals surface area contributed by atoms with E-state index in [9.17, 15) is 18.3 Å². The maximum Gasteiger partial charge on any atom is 0.335 e. The summed E-state index contributed by atoms with van der Waals surface area (Å²) in [6, 6.07) is 4.76. The van der Waals surface area contributed by atoms with Crippen molar-refractivity contribution in [2.24, 2.45) is 0 Å². The van der Waals surface area contributed by atoms with Gasteiger partial charge >= 0.3 is 5.97 Å². The third kappa shape index (κ3) is 3.79. The molecule has 0 aliphatic carbocycles. The first kappa shape index (κ1) is 18.9. The van der Waals surface area contributed by atoms with Gasteiger partial charge in [0.15, 0.2) is 0 Å². The topological polar surface area (TPSA) is 77.9 Å². The van der Waals surface area contributed by atoms with Gasteiger partial charge in [-0.1, -0.05) is 19.9 Å². The molecule has 0 saturated carbocycles. The average Bonchev–Trinajstić information content (AvgIpc) is 2.54. The van der Waals surface area contributed by atoms with Gasteiger partial charge in [-0.15, -0.1) is 0 Å². The third-order valence-corrected chi connectivity index (χ3v) is 6.46. The second kappa shape index (κ2) is 7.21. The number of sulfonamides is 1. The lowest BCUT2D eigenvalue weighted by atomic mass is 10.0. The Hall–Kier alpha value is -1.44. The van der Waals surface area contributed by atoms with Crippen LogP contribution in [0.4, 0.5) is 0 Å². The Kier molecular flexibility index (Phi) is 5.67. The maximum atomic E-state index is 13.1. The van der Waals surface area contributed by atoms with Crippen molar-refractivity contribution in [3.05, 3.63) is 29.3 Å². The molecule has 6 nitrogen and oxygen atoms in total. The molecule has 1 aliphatic heterocycles. The summed E-state index contributed by atoms with van der Waals surface area (Å²) in [7, 11) is -3.70. The molecule has 0 unspecified atom stereocenters. The van der Waals surface area contributed by atoms with Gasteiger partial charge in [0.1, 0.15) is 0 Å². The number of piperazine rings is 1. The molecular formula is C17H26N2O4S. The number of benzene rings is 1. The number of carboxylic acid groups (broad SMARTS) is 1. The van der Waals surface area contributed by atoms with Crippen molar-refractivity contribution < 1.29 is 18.3 Å². The number of rotatable bonds is 5. The Morgan fingerprint density at radius 1 is 1.08 bits per heavy atom. The van der Waals surface area contributed by atoms with Gasteiger partial charge < -0.3 is 5.11 Å². The minimum Gasteiger partial charge on any atom is -0.478 e. The summed E-state index contributed by atoms with van der Waals surface area (Å²) in [5, 5.41) is 9.20. The summed E-state index contributed by atoms with van der Waals surface area (Å²) in [5.41, 5.74) is 0.657. The van der Waals surface area contributed by atoms with E-state index in [-0.39, 0.29) is 16.4 Å². The molecule has 1 fully saturated rings. The first-order valence-electron chi connectivity index (χ1n) is 8.26. The third-order valence-electron chi connectivity index (χ3n) is 4.50. The second-order valence-corrected chi connectivity index (χ2v) is 8.65. The monoisotopic (exact) mass is 354 g/mol. The number of hydrogen-bond acceptors (Lipinski definition) is 4. The Bertz CT molecular complexity index is 705. The van der Waals surface area contributed by atoms with Gasteiger partial charge in [-0.3, -0.25) is 4.90 Å². The Balaban J connectivity index is 2.38. The van der Waals surface area contributed by atoms with Gasteiger partial charge in [0.25, 0.3) is 0 Å². The van der Waals surface area contributed by atoms with Crippen LogP contribution in [0, 0.1) is 0 Å². The summed E-state index contributed by atoms with van der Waals surface area (Å²) >= 11 is 0. The molecule has 1 aliphatic rings. The van der Waals surface area contributed by atoms with Crippen LogP contribution >= 0.6 is 0 Å². The zero-order valence-electron chi connectivity index (χ0n) is 14.7. The van der Waals surface area contributed by atoms with Crippen molar-refractivity contribution in [2.45, 2.75) is 44.6 Å². The zero-order valence-corrected chi connectivity index (χ0v) is 15.5. The molecule has 1 aromatic rings. The summed E-state index contributed by atoms with van der Waals surface area (Å²) in [6.07, 6.45) is 0. The molecule has 1 aromatic carbocycles. The highest BCUT2D eigenvalue weighted by molar-refractivity contribution is 7.89. The van der Waals surface area contributed by atoms with E-state index < -0.39 is 16.0 Å². The summed E-state index contributed by atoms with van der Waals surface area (Å²) in [5.74, 6) is -1.12. The number of aromatic carboxylic acids is 1. The minimum absolute atomic E-state index is 0.00112. The van der Waals surface area contributed by atoms with Gasteiger partial charge in [-0.25, -0.2) is 13.2 Å². The molecule has 0 radical (unpaired) electrons. The lowest BCUT2D eigenvalue weighted by Gasteiger charge is -2.36. The second-order valence-electron chi connectivity index (χ2n) is 6.75. The van der Waals surface area contributed by atoms with Crippen LogP contribution < -0.4 is 0 Å². The smallest absolute Gasteiger partial charge is 0.335 e. The molecule has 24 heavy (non-hydrogen) atoms. The van der Waals surface area contributed by atoms with Crippen molar-refractivity contribution in [3.8, 4) is 0 Å². The largest absolute Gasteiger partial charge is 0.478 e. The molecule has 1 heterocycles. The van der Waals surface area contributed by atoms with Crippen molar-refractivity contribution in [1.29, 1.82) is 0 Å². The highest BCUT2D eigenvalue weighted by Gasteiger charge is 2.31. The number of hydrogen-bond donors (Lipinski definition) is 1. The lowest BCUT2D eigenvalue weighted by molar-refractivity contribution is 0.0696. The normalized spacial score (nSPS) is 17.6. The maximum absolute atomic E-state index is 13.1. The van der Waals surface area contributed by atoms with Gasteiger partial charge in [0.2, 0.25) is 10.0 Å². The van der Waals surface area contributed by atoms with Crippen LogP contribution in [0.1, 0.15) is 49.5 Å². The van der Waals surface area contributed by atoms with E-state index in [0.717, 1.165) is 0 Å². The SMILES string of the molecule is CC(C)c1ccc(C(=O)O)cc1S(=O)(=O)N1CCN(C(C)C)CC1. The van der Waals surface area contributed by atoms with Crippen molar-refractivity contribution in [2.75, 3.05) is 26.2 Å². The van der Waals surface area contributed by atoms with Crippen molar-refractivity contribution in [3.63, 3.8) is 0 Å². The summed E-state index contributed by atoms with van der Waals surface area (Å²) in [4.78, 5) is 13.6. The van der Waals surface area contributed by atoms with E-state index in [1.807, 2.05) is 13.8 Å². The summed E-state index contributed by atoms with van der Waals surface area (Å²) in [6.45, 7) is 10.2. The molecule has 0 spiro atoms. The fourth-order valence-electron chi connectivity index (χ4n) is 2.97. The number of carbonyl (C=O) groups is 1. The Morgan fingerprint density at radius 2 is 1.67 bits per heavy atom. The van der Waals surface area contributed by atoms with E-state index in [4.69, 9.17) is 0 Å². The number of nitrogens with zero attached hydrogens (tertiary/aromatic N) is 2. The van der Waals surface area contributed by atoms with E-state index in [1.54, 1.807) is 6.07 Å².